The lowest BCUT2D eigenvalue weighted by Crippen LogP contribution is -2.18. The van der Waals surface area contributed by atoms with Crippen molar-refractivity contribution in [3.05, 3.63) is 71.1 Å². The molecule has 2 N–H and O–H groups in total. The molecule has 0 aliphatic carbocycles. The van der Waals surface area contributed by atoms with Gasteiger partial charge in [0.25, 0.3) is 15.9 Å². The molecule has 0 saturated carbocycles. The summed E-state index contributed by atoms with van der Waals surface area (Å²) in [4.78, 5) is 11.5. The number of sulfonamides is 1. The van der Waals surface area contributed by atoms with Gasteiger partial charge in [0.15, 0.2) is 0 Å². The summed E-state index contributed by atoms with van der Waals surface area (Å²) < 4.78 is 110. The standard InChI is InChI=1S/C19H13F6N3O4S/c1-10-14(9-26-32-10)17(29)27-12-4-7-16(15(8-12)19(23,24)25)28-33(30,31)13-5-2-11(3-6-13)18(20,21)22/h2-9,28H,1H3,(H,27,29). The second kappa shape index (κ2) is 8.42. The molecular formula is C19H13F6N3O4S. The van der Waals surface area contributed by atoms with Crippen LogP contribution >= 0.6 is 0 Å². The van der Waals surface area contributed by atoms with Crippen molar-refractivity contribution >= 4 is 27.3 Å². The van der Waals surface area contributed by atoms with Crippen LogP contribution in [-0.2, 0) is 22.4 Å². The van der Waals surface area contributed by atoms with E-state index in [4.69, 9.17) is 4.52 Å². The summed E-state index contributed by atoms with van der Waals surface area (Å²) in [6.07, 6.45) is -8.68. The van der Waals surface area contributed by atoms with Gasteiger partial charge in [-0.05, 0) is 49.4 Å². The molecule has 3 rings (SSSR count). The van der Waals surface area contributed by atoms with Crippen molar-refractivity contribution in [3.63, 3.8) is 0 Å². The van der Waals surface area contributed by atoms with Gasteiger partial charge in [-0.2, -0.15) is 26.3 Å². The predicted octanol–water partition coefficient (Wildman–Crippen LogP) is 5.07. The number of hydrogen-bond acceptors (Lipinski definition) is 5. The molecule has 0 unspecified atom stereocenters. The van der Waals surface area contributed by atoms with E-state index >= 15 is 0 Å². The van der Waals surface area contributed by atoms with Gasteiger partial charge in [-0.3, -0.25) is 9.52 Å². The van der Waals surface area contributed by atoms with E-state index in [1.807, 2.05) is 0 Å². The summed E-state index contributed by atoms with van der Waals surface area (Å²) in [5.74, 6) is -0.676. The van der Waals surface area contributed by atoms with E-state index in [1.165, 1.54) is 6.92 Å². The summed E-state index contributed by atoms with van der Waals surface area (Å²) in [7, 11) is -4.66. The number of halogens is 6. The molecule has 0 bridgehead atoms. The first-order chi connectivity index (χ1) is 15.2. The van der Waals surface area contributed by atoms with Crippen LogP contribution in [0.25, 0.3) is 0 Å². The smallest absolute Gasteiger partial charge is 0.361 e. The zero-order chi connectivity index (χ0) is 24.6. The molecule has 0 saturated heterocycles. The third-order valence-corrected chi connectivity index (χ3v) is 5.70. The van der Waals surface area contributed by atoms with E-state index in [-0.39, 0.29) is 17.0 Å². The molecule has 0 fully saturated rings. The fourth-order valence-corrected chi connectivity index (χ4v) is 3.77. The maximum absolute atomic E-state index is 13.6. The molecule has 1 aromatic heterocycles. The number of hydrogen-bond donors (Lipinski definition) is 2. The van der Waals surface area contributed by atoms with E-state index in [9.17, 15) is 39.6 Å². The Hall–Kier alpha value is -3.55. The van der Waals surface area contributed by atoms with Crippen molar-refractivity contribution in [3.8, 4) is 0 Å². The maximum atomic E-state index is 13.6. The Balaban J connectivity index is 1.91. The minimum atomic E-state index is -5.04. The number of aromatic nitrogens is 1. The number of carbonyl (C=O) groups is 1. The molecule has 176 valence electrons. The Labute approximate surface area is 182 Å². The van der Waals surface area contributed by atoms with Gasteiger partial charge in [-0.1, -0.05) is 5.16 Å². The summed E-state index contributed by atoms with van der Waals surface area (Å²) >= 11 is 0. The first kappa shape index (κ1) is 24.1. The summed E-state index contributed by atoms with van der Waals surface area (Å²) in [6.45, 7) is 1.42. The van der Waals surface area contributed by atoms with Gasteiger partial charge in [0.2, 0.25) is 0 Å². The summed E-state index contributed by atoms with van der Waals surface area (Å²) in [5.41, 5.74) is -3.76. The quantitative estimate of drug-likeness (QED) is 0.483. The van der Waals surface area contributed by atoms with Gasteiger partial charge in [-0.15, -0.1) is 0 Å². The van der Waals surface area contributed by atoms with Crippen molar-refractivity contribution in [1.82, 2.24) is 5.16 Å². The normalized spacial score (nSPS) is 12.5. The van der Waals surface area contributed by atoms with Crippen molar-refractivity contribution in [2.24, 2.45) is 0 Å². The molecule has 0 aliphatic rings. The van der Waals surface area contributed by atoms with Crippen LogP contribution in [0.2, 0.25) is 0 Å². The van der Waals surface area contributed by atoms with Crippen LogP contribution in [0.5, 0.6) is 0 Å². The fraction of sp³-hybridized carbons (Fsp3) is 0.158. The number of nitrogens with one attached hydrogen (secondary N) is 2. The van der Waals surface area contributed by atoms with Crippen molar-refractivity contribution in [2.75, 3.05) is 10.0 Å². The topological polar surface area (TPSA) is 101 Å². The minimum Gasteiger partial charge on any atom is -0.361 e. The Bertz CT molecular complexity index is 1280. The van der Waals surface area contributed by atoms with Gasteiger partial charge in [0.1, 0.15) is 11.3 Å². The molecule has 14 heteroatoms. The van der Waals surface area contributed by atoms with Gasteiger partial charge in [0.05, 0.1) is 27.9 Å². The molecule has 0 radical (unpaired) electrons. The number of aryl methyl sites for hydroxylation is 1. The fourth-order valence-electron chi connectivity index (χ4n) is 2.69. The maximum Gasteiger partial charge on any atom is 0.418 e. The summed E-state index contributed by atoms with van der Waals surface area (Å²) in [5, 5.41) is 5.61. The second-order valence-electron chi connectivity index (χ2n) is 6.64. The highest BCUT2D eigenvalue weighted by Gasteiger charge is 2.36. The van der Waals surface area contributed by atoms with Crippen LogP contribution in [0.15, 0.2) is 58.1 Å². The molecule has 2 aromatic carbocycles. The Morgan fingerprint density at radius 1 is 0.970 bits per heavy atom. The van der Waals surface area contributed by atoms with Crippen molar-refractivity contribution in [2.45, 2.75) is 24.2 Å². The van der Waals surface area contributed by atoms with Crippen LogP contribution in [0.3, 0.4) is 0 Å². The van der Waals surface area contributed by atoms with Gasteiger partial charge < -0.3 is 9.84 Å². The van der Waals surface area contributed by atoms with E-state index in [0.717, 1.165) is 18.3 Å². The van der Waals surface area contributed by atoms with Crippen molar-refractivity contribution < 1.29 is 44.1 Å². The minimum absolute atomic E-state index is 0.0179. The number of anilines is 2. The number of amides is 1. The van der Waals surface area contributed by atoms with E-state index in [1.54, 1.807) is 4.72 Å². The highest BCUT2D eigenvalue weighted by Crippen LogP contribution is 2.38. The average Bonchev–Trinajstić information content (AvgIpc) is 3.13. The van der Waals surface area contributed by atoms with Crippen LogP contribution in [0.4, 0.5) is 37.7 Å². The number of nitrogens with zero attached hydrogens (tertiary/aromatic N) is 1. The lowest BCUT2D eigenvalue weighted by Gasteiger charge is -2.17. The third-order valence-electron chi connectivity index (χ3n) is 4.31. The molecule has 1 heterocycles. The molecular weight excluding hydrogens is 480 g/mol. The monoisotopic (exact) mass is 493 g/mol. The Kier molecular flexibility index (Phi) is 6.15. The van der Waals surface area contributed by atoms with Crippen LogP contribution in [0.1, 0.15) is 27.2 Å². The first-order valence-corrected chi connectivity index (χ1v) is 10.3. The van der Waals surface area contributed by atoms with E-state index in [0.29, 0.717) is 30.3 Å². The Morgan fingerprint density at radius 2 is 1.61 bits per heavy atom. The van der Waals surface area contributed by atoms with E-state index < -0.39 is 50.0 Å². The summed E-state index contributed by atoms with van der Waals surface area (Å²) in [6, 6.07) is 4.50. The highest BCUT2D eigenvalue weighted by atomic mass is 32.2. The predicted molar refractivity (Wildman–Crippen MR) is 103 cm³/mol. The number of rotatable bonds is 5. The molecule has 1 amide bonds. The first-order valence-electron chi connectivity index (χ1n) is 8.82. The zero-order valence-electron chi connectivity index (χ0n) is 16.4. The molecule has 0 atom stereocenters. The van der Waals surface area contributed by atoms with Gasteiger partial charge >= 0.3 is 12.4 Å². The molecule has 0 aliphatic heterocycles. The molecule has 7 nitrogen and oxygen atoms in total. The van der Waals surface area contributed by atoms with E-state index in [2.05, 4.69) is 10.5 Å². The van der Waals surface area contributed by atoms with Crippen LogP contribution < -0.4 is 10.0 Å². The van der Waals surface area contributed by atoms with Gasteiger partial charge in [0, 0.05) is 5.69 Å². The zero-order valence-corrected chi connectivity index (χ0v) is 17.2. The third kappa shape index (κ3) is 5.45. The molecule has 0 spiro atoms. The van der Waals surface area contributed by atoms with Gasteiger partial charge in [-0.25, -0.2) is 8.42 Å². The average molecular weight is 493 g/mol. The number of carbonyl (C=O) groups excluding carboxylic acids is 1. The second-order valence-corrected chi connectivity index (χ2v) is 8.32. The highest BCUT2D eigenvalue weighted by molar-refractivity contribution is 7.92. The van der Waals surface area contributed by atoms with Crippen LogP contribution in [-0.4, -0.2) is 19.5 Å². The SMILES string of the molecule is Cc1oncc1C(=O)Nc1ccc(NS(=O)(=O)c2ccc(C(F)(F)F)cc2)c(C(F)(F)F)c1. The number of benzene rings is 2. The largest absolute Gasteiger partial charge is 0.418 e. The van der Waals surface area contributed by atoms with Crippen molar-refractivity contribution in [1.29, 1.82) is 0 Å². The number of alkyl halides is 6. The lowest BCUT2D eigenvalue weighted by molar-refractivity contribution is -0.138. The lowest BCUT2D eigenvalue weighted by atomic mass is 10.1. The molecule has 33 heavy (non-hydrogen) atoms. The van der Waals surface area contributed by atoms with Crippen LogP contribution in [0, 0.1) is 6.92 Å². The molecule has 3 aromatic rings. The Morgan fingerprint density at radius 3 is 2.12 bits per heavy atom.